The van der Waals surface area contributed by atoms with Crippen LogP contribution in [0.3, 0.4) is 0 Å². The average Bonchev–Trinajstić information content (AvgIpc) is 3.04. The number of para-hydroxylation sites is 1. The Morgan fingerprint density at radius 2 is 2.20 bits per heavy atom. The molecule has 2 aromatic heterocycles. The molecule has 1 N–H and O–H groups in total. The van der Waals surface area contributed by atoms with Gasteiger partial charge in [-0.3, -0.25) is 4.68 Å². The van der Waals surface area contributed by atoms with E-state index in [0.717, 1.165) is 29.8 Å². The maximum atomic E-state index is 5.85. The molecule has 0 spiro atoms. The van der Waals surface area contributed by atoms with Gasteiger partial charge in [-0.2, -0.15) is 5.10 Å². The minimum Gasteiger partial charge on any atom is -0.459 e. The Morgan fingerprint density at radius 3 is 2.95 bits per heavy atom. The molecular formula is C16H19N3O. The van der Waals surface area contributed by atoms with Gasteiger partial charge in [-0.15, -0.1) is 0 Å². The number of nitrogens with one attached hydrogen (secondary N) is 1. The number of rotatable bonds is 5. The Kier molecular flexibility index (Phi) is 3.56. The number of aromatic nitrogens is 2. The second-order valence-electron chi connectivity index (χ2n) is 5.14. The molecule has 0 aliphatic rings. The lowest BCUT2D eigenvalue weighted by atomic mass is 10.2. The minimum atomic E-state index is 0.194. The third-order valence-corrected chi connectivity index (χ3v) is 3.43. The van der Waals surface area contributed by atoms with Crippen molar-refractivity contribution in [2.24, 2.45) is 0 Å². The van der Waals surface area contributed by atoms with Crippen LogP contribution in [0.4, 0.5) is 0 Å². The Hall–Kier alpha value is -2.07. The molecule has 0 saturated carbocycles. The zero-order chi connectivity index (χ0) is 13.9. The molecule has 20 heavy (non-hydrogen) atoms. The second kappa shape index (κ2) is 5.51. The maximum absolute atomic E-state index is 5.85. The molecule has 0 bridgehead atoms. The smallest absolute Gasteiger partial charge is 0.134 e. The van der Waals surface area contributed by atoms with E-state index in [-0.39, 0.29) is 6.04 Å². The van der Waals surface area contributed by atoms with Gasteiger partial charge in [-0.1, -0.05) is 18.2 Å². The fourth-order valence-corrected chi connectivity index (χ4v) is 2.30. The summed E-state index contributed by atoms with van der Waals surface area (Å²) in [7, 11) is 0. The third-order valence-electron chi connectivity index (χ3n) is 3.43. The number of hydrogen-bond donors (Lipinski definition) is 1. The van der Waals surface area contributed by atoms with Gasteiger partial charge in [0.15, 0.2) is 0 Å². The van der Waals surface area contributed by atoms with E-state index in [9.17, 15) is 0 Å². The molecule has 2 heterocycles. The van der Waals surface area contributed by atoms with Crippen LogP contribution in [-0.2, 0) is 6.54 Å². The van der Waals surface area contributed by atoms with E-state index >= 15 is 0 Å². The summed E-state index contributed by atoms with van der Waals surface area (Å²) in [4.78, 5) is 0. The molecule has 0 aliphatic carbocycles. The predicted molar refractivity (Wildman–Crippen MR) is 79.6 cm³/mol. The van der Waals surface area contributed by atoms with Crippen molar-refractivity contribution in [1.82, 2.24) is 15.1 Å². The number of hydrogen-bond acceptors (Lipinski definition) is 3. The molecule has 0 saturated heterocycles. The quantitative estimate of drug-likeness (QED) is 0.773. The summed E-state index contributed by atoms with van der Waals surface area (Å²) in [6.45, 7) is 5.89. The number of benzene rings is 1. The lowest BCUT2D eigenvalue weighted by Crippen LogP contribution is -2.23. The van der Waals surface area contributed by atoms with Crippen molar-refractivity contribution in [3.63, 3.8) is 0 Å². The molecule has 3 rings (SSSR count). The maximum Gasteiger partial charge on any atom is 0.134 e. The normalized spacial score (nSPS) is 12.9. The third kappa shape index (κ3) is 2.75. The van der Waals surface area contributed by atoms with E-state index in [1.54, 1.807) is 0 Å². The van der Waals surface area contributed by atoms with Gasteiger partial charge in [-0.25, -0.2) is 0 Å². The first-order valence-electron chi connectivity index (χ1n) is 6.93. The topological polar surface area (TPSA) is 43.0 Å². The first kappa shape index (κ1) is 12.9. The van der Waals surface area contributed by atoms with Crippen LogP contribution in [0.1, 0.15) is 24.3 Å². The minimum absolute atomic E-state index is 0.194. The summed E-state index contributed by atoms with van der Waals surface area (Å²) < 4.78 is 7.80. The molecule has 0 amide bonds. The number of aryl methyl sites for hydroxylation is 1. The van der Waals surface area contributed by atoms with Gasteiger partial charge < -0.3 is 9.73 Å². The van der Waals surface area contributed by atoms with Crippen LogP contribution < -0.4 is 5.32 Å². The van der Waals surface area contributed by atoms with Gasteiger partial charge in [0.25, 0.3) is 0 Å². The SMILES string of the molecule is Cc1cnn(CCNC(C)c2cc3ccccc3o2)c1. The molecular weight excluding hydrogens is 250 g/mol. The van der Waals surface area contributed by atoms with Crippen molar-refractivity contribution in [3.05, 3.63) is 54.0 Å². The summed E-state index contributed by atoms with van der Waals surface area (Å²) in [5.74, 6) is 0.975. The summed E-state index contributed by atoms with van der Waals surface area (Å²) in [6, 6.07) is 10.4. The summed E-state index contributed by atoms with van der Waals surface area (Å²) in [5, 5.41) is 8.89. The first-order valence-corrected chi connectivity index (χ1v) is 6.93. The van der Waals surface area contributed by atoms with Crippen LogP contribution in [0, 0.1) is 6.92 Å². The highest BCUT2D eigenvalue weighted by molar-refractivity contribution is 5.77. The monoisotopic (exact) mass is 269 g/mol. The van der Waals surface area contributed by atoms with Gasteiger partial charge in [0.1, 0.15) is 11.3 Å². The zero-order valence-electron chi connectivity index (χ0n) is 11.8. The lowest BCUT2D eigenvalue weighted by molar-refractivity contribution is 0.435. The van der Waals surface area contributed by atoms with Crippen molar-refractivity contribution in [2.75, 3.05) is 6.54 Å². The molecule has 1 aromatic carbocycles. The molecule has 0 fully saturated rings. The lowest BCUT2D eigenvalue weighted by Gasteiger charge is -2.11. The first-order chi connectivity index (χ1) is 9.72. The van der Waals surface area contributed by atoms with Crippen LogP contribution in [-0.4, -0.2) is 16.3 Å². The molecule has 4 nitrogen and oxygen atoms in total. The van der Waals surface area contributed by atoms with Crippen molar-refractivity contribution >= 4 is 11.0 Å². The Bertz CT molecular complexity index is 665. The van der Waals surface area contributed by atoms with E-state index in [0.29, 0.717) is 0 Å². The van der Waals surface area contributed by atoms with Crippen molar-refractivity contribution in [1.29, 1.82) is 0 Å². The van der Waals surface area contributed by atoms with E-state index in [2.05, 4.69) is 29.5 Å². The van der Waals surface area contributed by atoms with E-state index in [4.69, 9.17) is 4.42 Å². The van der Waals surface area contributed by atoms with E-state index in [1.807, 2.05) is 42.2 Å². The van der Waals surface area contributed by atoms with Crippen LogP contribution in [0.2, 0.25) is 0 Å². The molecule has 1 unspecified atom stereocenters. The fraction of sp³-hybridized carbons (Fsp3) is 0.312. The highest BCUT2D eigenvalue weighted by Gasteiger charge is 2.10. The van der Waals surface area contributed by atoms with Crippen LogP contribution in [0.15, 0.2) is 47.1 Å². The molecule has 4 heteroatoms. The standard InChI is InChI=1S/C16H19N3O/c1-12-10-18-19(11-12)8-7-17-13(2)16-9-14-5-3-4-6-15(14)20-16/h3-6,9-11,13,17H,7-8H2,1-2H3. The van der Waals surface area contributed by atoms with E-state index in [1.165, 1.54) is 5.56 Å². The fourth-order valence-electron chi connectivity index (χ4n) is 2.30. The van der Waals surface area contributed by atoms with Crippen molar-refractivity contribution in [3.8, 4) is 0 Å². The second-order valence-corrected chi connectivity index (χ2v) is 5.14. The highest BCUT2D eigenvalue weighted by atomic mass is 16.3. The number of furan rings is 1. The molecule has 3 aromatic rings. The van der Waals surface area contributed by atoms with Crippen LogP contribution >= 0.6 is 0 Å². The van der Waals surface area contributed by atoms with Crippen molar-refractivity contribution in [2.45, 2.75) is 26.4 Å². The molecule has 0 radical (unpaired) electrons. The van der Waals surface area contributed by atoms with Crippen LogP contribution in [0.5, 0.6) is 0 Å². The largest absolute Gasteiger partial charge is 0.459 e. The molecule has 104 valence electrons. The van der Waals surface area contributed by atoms with Gasteiger partial charge in [0.2, 0.25) is 0 Å². The Morgan fingerprint density at radius 1 is 1.35 bits per heavy atom. The van der Waals surface area contributed by atoms with Crippen molar-refractivity contribution < 1.29 is 4.42 Å². The van der Waals surface area contributed by atoms with Gasteiger partial charge >= 0.3 is 0 Å². The zero-order valence-corrected chi connectivity index (χ0v) is 11.8. The molecule has 1 atom stereocenters. The average molecular weight is 269 g/mol. The summed E-state index contributed by atoms with van der Waals surface area (Å²) in [5.41, 5.74) is 2.13. The number of fused-ring (bicyclic) bond motifs is 1. The van der Waals surface area contributed by atoms with E-state index < -0.39 is 0 Å². The number of nitrogens with zero attached hydrogens (tertiary/aromatic N) is 2. The predicted octanol–water partition coefficient (Wildman–Crippen LogP) is 3.29. The summed E-state index contributed by atoms with van der Waals surface area (Å²) >= 11 is 0. The summed E-state index contributed by atoms with van der Waals surface area (Å²) in [6.07, 6.45) is 3.93. The Labute approximate surface area is 118 Å². The molecule has 0 aliphatic heterocycles. The highest BCUT2D eigenvalue weighted by Crippen LogP contribution is 2.23. The van der Waals surface area contributed by atoms with Gasteiger partial charge in [-0.05, 0) is 31.5 Å². The Balaban J connectivity index is 1.59. The van der Waals surface area contributed by atoms with Crippen LogP contribution in [0.25, 0.3) is 11.0 Å². The van der Waals surface area contributed by atoms with Gasteiger partial charge in [0, 0.05) is 18.1 Å². The van der Waals surface area contributed by atoms with Gasteiger partial charge in [0.05, 0.1) is 18.8 Å².